The van der Waals surface area contributed by atoms with Gasteiger partial charge in [-0.2, -0.15) is 0 Å². The lowest BCUT2D eigenvalue weighted by molar-refractivity contribution is -0.134. The summed E-state index contributed by atoms with van der Waals surface area (Å²) in [6.07, 6.45) is 2.16. The number of benzene rings is 1. The van der Waals surface area contributed by atoms with Crippen molar-refractivity contribution in [1.82, 2.24) is 9.80 Å². The average molecular weight is 303 g/mol. The molecular weight excluding hydrogens is 274 g/mol. The molecule has 0 radical (unpaired) electrons. The van der Waals surface area contributed by atoms with Gasteiger partial charge < -0.3 is 15.5 Å². The number of nitrogens with two attached hydrogens (primary N) is 1. The third kappa shape index (κ3) is 4.31. The van der Waals surface area contributed by atoms with Gasteiger partial charge in [-0.05, 0) is 31.4 Å². The molecule has 1 unspecified atom stereocenters. The van der Waals surface area contributed by atoms with Gasteiger partial charge in [-0.15, -0.1) is 0 Å². The van der Waals surface area contributed by atoms with E-state index in [-0.39, 0.29) is 17.9 Å². The van der Waals surface area contributed by atoms with Crippen molar-refractivity contribution in [2.24, 2.45) is 11.7 Å². The van der Waals surface area contributed by atoms with E-state index in [1.165, 1.54) is 5.56 Å². The van der Waals surface area contributed by atoms with Gasteiger partial charge in [-0.3, -0.25) is 4.79 Å². The van der Waals surface area contributed by atoms with Crippen LogP contribution in [-0.4, -0.2) is 47.9 Å². The molecule has 0 aliphatic carbocycles. The first-order chi connectivity index (χ1) is 10.5. The highest BCUT2D eigenvalue weighted by molar-refractivity contribution is 5.82. The quantitative estimate of drug-likeness (QED) is 0.875. The number of likely N-dealkylation sites (N-methyl/N-ethyl adjacent to an activating group) is 1. The van der Waals surface area contributed by atoms with Gasteiger partial charge in [0.1, 0.15) is 0 Å². The molecule has 2 N–H and O–H groups in total. The van der Waals surface area contributed by atoms with Gasteiger partial charge in [-0.1, -0.05) is 44.2 Å². The summed E-state index contributed by atoms with van der Waals surface area (Å²) in [4.78, 5) is 16.8. The normalized spacial score (nSPS) is 19.9. The molecule has 0 aromatic heterocycles. The van der Waals surface area contributed by atoms with Crippen molar-refractivity contribution in [3.05, 3.63) is 35.9 Å². The number of carbonyl (C=O) groups excluding carboxylic acids is 1. The summed E-state index contributed by atoms with van der Waals surface area (Å²) in [5.41, 5.74) is 7.36. The molecule has 22 heavy (non-hydrogen) atoms. The van der Waals surface area contributed by atoms with E-state index in [2.05, 4.69) is 36.2 Å². The minimum absolute atomic E-state index is 0.116. The molecule has 2 atom stereocenters. The molecule has 0 spiro atoms. The lowest BCUT2D eigenvalue weighted by atomic mass is 10.0. The van der Waals surface area contributed by atoms with Crippen molar-refractivity contribution in [2.45, 2.75) is 45.3 Å². The van der Waals surface area contributed by atoms with Gasteiger partial charge in [-0.25, -0.2) is 0 Å². The van der Waals surface area contributed by atoms with E-state index in [4.69, 9.17) is 5.73 Å². The third-order valence-electron chi connectivity index (χ3n) is 4.48. The van der Waals surface area contributed by atoms with Gasteiger partial charge in [0.15, 0.2) is 0 Å². The van der Waals surface area contributed by atoms with Gasteiger partial charge in [0.2, 0.25) is 5.91 Å². The fourth-order valence-corrected chi connectivity index (χ4v) is 3.11. The van der Waals surface area contributed by atoms with Crippen LogP contribution in [0.5, 0.6) is 0 Å². The van der Waals surface area contributed by atoms with Crippen molar-refractivity contribution in [3.63, 3.8) is 0 Å². The van der Waals surface area contributed by atoms with Crippen LogP contribution >= 0.6 is 0 Å². The lowest BCUT2D eigenvalue weighted by Gasteiger charge is -2.31. The molecule has 1 heterocycles. The molecule has 1 fully saturated rings. The predicted octanol–water partition coefficient (Wildman–Crippen LogP) is 2.09. The summed E-state index contributed by atoms with van der Waals surface area (Å²) in [7, 11) is 2.12. The fraction of sp³-hybridized carbons (Fsp3) is 0.611. The van der Waals surface area contributed by atoms with Crippen LogP contribution in [0, 0.1) is 5.92 Å². The third-order valence-corrected chi connectivity index (χ3v) is 4.48. The van der Waals surface area contributed by atoms with Crippen molar-refractivity contribution < 1.29 is 4.79 Å². The molecule has 1 aliphatic heterocycles. The Kier molecular flexibility index (Phi) is 5.98. The van der Waals surface area contributed by atoms with Gasteiger partial charge in [0.05, 0.1) is 6.04 Å². The number of likely N-dealkylation sites (tertiary alicyclic amines) is 1. The number of hydrogen-bond acceptors (Lipinski definition) is 3. The Labute approximate surface area is 134 Å². The minimum Gasteiger partial charge on any atom is -0.337 e. The molecule has 1 amide bonds. The zero-order valence-electron chi connectivity index (χ0n) is 14.0. The van der Waals surface area contributed by atoms with Crippen LogP contribution in [0.1, 0.15) is 32.3 Å². The number of rotatable bonds is 6. The Morgan fingerprint density at radius 1 is 1.36 bits per heavy atom. The van der Waals surface area contributed by atoms with E-state index in [1.54, 1.807) is 0 Å². The summed E-state index contributed by atoms with van der Waals surface area (Å²) in [5.74, 6) is 0.307. The maximum absolute atomic E-state index is 12.5. The Morgan fingerprint density at radius 2 is 2.05 bits per heavy atom. The van der Waals surface area contributed by atoms with Crippen molar-refractivity contribution in [1.29, 1.82) is 0 Å². The molecule has 1 aliphatic rings. The molecule has 122 valence electrons. The van der Waals surface area contributed by atoms with E-state index in [9.17, 15) is 4.79 Å². The maximum Gasteiger partial charge on any atom is 0.240 e. The van der Waals surface area contributed by atoms with Gasteiger partial charge in [0, 0.05) is 25.7 Å². The first-order valence-electron chi connectivity index (χ1n) is 8.27. The van der Waals surface area contributed by atoms with Gasteiger partial charge >= 0.3 is 0 Å². The highest BCUT2D eigenvalue weighted by atomic mass is 16.2. The zero-order chi connectivity index (χ0) is 16.1. The van der Waals surface area contributed by atoms with E-state index >= 15 is 0 Å². The number of amides is 1. The summed E-state index contributed by atoms with van der Waals surface area (Å²) >= 11 is 0. The fourth-order valence-electron chi connectivity index (χ4n) is 3.11. The van der Waals surface area contributed by atoms with E-state index in [0.717, 1.165) is 32.5 Å². The summed E-state index contributed by atoms with van der Waals surface area (Å²) in [5, 5.41) is 0. The van der Waals surface area contributed by atoms with E-state index in [0.29, 0.717) is 6.04 Å². The molecule has 1 saturated heterocycles. The Hall–Kier alpha value is -1.39. The second kappa shape index (κ2) is 7.75. The Bertz CT molecular complexity index is 474. The average Bonchev–Trinajstić information content (AvgIpc) is 2.94. The first kappa shape index (κ1) is 17.0. The second-order valence-corrected chi connectivity index (χ2v) is 6.78. The monoisotopic (exact) mass is 303 g/mol. The molecule has 4 heteroatoms. The van der Waals surface area contributed by atoms with E-state index < -0.39 is 0 Å². The van der Waals surface area contributed by atoms with Crippen LogP contribution in [0.25, 0.3) is 0 Å². The maximum atomic E-state index is 12.5. The molecule has 1 aromatic carbocycles. The summed E-state index contributed by atoms with van der Waals surface area (Å²) < 4.78 is 0. The van der Waals surface area contributed by atoms with Crippen LogP contribution in [0.15, 0.2) is 30.3 Å². The highest BCUT2D eigenvalue weighted by Crippen LogP contribution is 2.20. The zero-order valence-corrected chi connectivity index (χ0v) is 14.0. The largest absolute Gasteiger partial charge is 0.337 e. The number of hydrogen-bond donors (Lipinski definition) is 1. The molecule has 1 aromatic rings. The number of nitrogens with zero attached hydrogens (tertiary/aromatic N) is 2. The minimum atomic E-state index is -0.375. The van der Waals surface area contributed by atoms with Crippen molar-refractivity contribution in [2.75, 3.05) is 20.1 Å². The molecular formula is C18H29N3O. The van der Waals surface area contributed by atoms with Crippen LogP contribution in [-0.2, 0) is 11.3 Å². The van der Waals surface area contributed by atoms with E-state index in [1.807, 2.05) is 24.8 Å². The lowest BCUT2D eigenvalue weighted by Crippen LogP contribution is -2.50. The standard InChI is InChI=1S/C18H29N3O/c1-14(2)17(19)18(22)21-11-7-10-16(21)13-20(3)12-15-8-5-4-6-9-15/h4-6,8-9,14,16-17H,7,10-13,19H2,1-3H3/t16?,17-/m0/s1. The van der Waals surface area contributed by atoms with Crippen LogP contribution in [0.4, 0.5) is 0 Å². The molecule has 0 saturated carbocycles. The number of carbonyl (C=O) groups is 1. The van der Waals surface area contributed by atoms with Crippen LogP contribution in [0.2, 0.25) is 0 Å². The first-order valence-corrected chi connectivity index (χ1v) is 8.27. The van der Waals surface area contributed by atoms with Crippen molar-refractivity contribution in [3.8, 4) is 0 Å². The van der Waals surface area contributed by atoms with Gasteiger partial charge in [0.25, 0.3) is 0 Å². The molecule has 2 rings (SSSR count). The van der Waals surface area contributed by atoms with Crippen LogP contribution in [0.3, 0.4) is 0 Å². The van der Waals surface area contributed by atoms with Crippen LogP contribution < -0.4 is 5.73 Å². The smallest absolute Gasteiger partial charge is 0.240 e. The summed E-state index contributed by atoms with van der Waals surface area (Å²) in [6.45, 7) is 6.69. The SMILES string of the molecule is CC(C)[C@H](N)C(=O)N1CCCC1CN(C)Cc1ccccc1. The molecule has 0 bridgehead atoms. The Morgan fingerprint density at radius 3 is 2.68 bits per heavy atom. The highest BCUT2D eigenvalue weighted by Gasteiger charge is 2.33. The topological polar surface area (TPSA) is 49.6 Å². The van der Waals surface area contributed by atoms with Crippen molar-refractivity contribution >= 4 is 5.91 Å². The summed E-state index contributed by atoms with van der Waals surface area (Å²) in [6, 6.07) is 10.4. The predicted molar refractivity (Wildman–Crippen MR) is 90.3 cm³/mol. The Balaban J connectivity index is 1.92. The second-order valence-electron chi connectivity index (χ2n) is 6.78. The molecule has 4 nitrogen and oxygen atoms in total.